The Balaban J connectivity index is 1.93. The summed E-state index contributed by atoms with van der Waals surface area (Å²) in [6, 6.07) is 0.645. The Kier molecular flexibility index (Phi) is 2.55. The van der Waals surface area contributed by atoms with Gasteiger partial charge in [0, 0.05) is 31.7 Å². The highest BCUT2D eigenvalue weighted by Gasteiger charge is 2.36. The zero-order valence-corrected chi connectivity index (χ0v) is 7.98. The van der Waals surface area contributed by atoms with Crippen molar-refractivity contribution in [2.45, 2.75) is 37.6 Å². The Hall–Kier alpha value is -0.160. The van der Waals surface area contributed by atoms with E-state index >= 15 is 0 Å². The molecule has 4 heteroatoms. The zero-order valence-electron chi connectivity index (χ0n) is 7.98. The van der Waals surface area contributed by atoms with Gasteiger partial charge < -0.3 is 15.5 Å². The van der Waals surface area contributed by atoms with E-state index in [0.717, 1.165) is 26.1 Å². The molecule has 4 unspecified atom stereocenters. The summed E-state index contributed by atoms with van der Waals surface area (Å²) >= 11 is 0. The first-order chi connectivity index (χ1) is 6.16. The molecule has 2 fully saturated rings. The van der Waals surface area contributed by atoms with Crippen LogP contribution >= 0.6 is 0 Å². The maximum atomic E-state index is 9.45. The van der Waals surface area contributed by atoms with Crippen molar-refractivity contribution < 1.29 is 10.2 Å². The number of hydrogen-bond acceptors (Lipinski definition) is 4. The summed E-state index contributed by atoms with van der Waals surface area (Å²) in [5.74, 6) is 0. The number of piperazine rings is 1. The van der Waals surface area contributed by atoms with E-state index < -0.39 is 0 Å². The molecular weight excluding hydrogens is 168 g/mol. The van der Waals surface area contributed by atoms with Gasteiger partial charge in [-0.15, -0.1) is 0 Å². The monoisotopic (exact) mass is 186 g/mol. The van der Waals surface area contributed by atoms with Crippen LogP contribution in [0.2, 0.25) is 0 Å². The minimum absolute atomic E-state index is 0.167. The first-order valence-electron chi connectivity index (χ1n) is 5.00. The molecule has 0 radical (unpaired) electrons. The van der Waals surface area contributed by atoms with Crippen LogP contribution in [0, 0.1) is 0 Å². The van der Waals surface area contributed by atoms with Gasteiger partial charge in [-0.05, 0) is 13.3 Å². The van der Waals surface area contributed by atoms with Crippen LogP contribution < -0.4 is 5.32 Å². The number of nitrogens with zero attached hydrogens (tertiary/aromatic N) is 1. The van der Waals surface area contributed by atoms with Crippen LogP contribution in [0.1, 0.15) is 13.3 Å². The van der Waals surface area contributed by atoms with Gasteiger partial charge in [0.05, 0.1) is 12.2 Å². The molecule has 0 aromatic rings. The molecule has 13 heavy (non-hydrogen) atoms. The molecule has 4 nitrogen and oxygen atoms in total. The molecule has 4 atom stereocenters. The van der Waals surface area contributed by atoms with Gasteiger partial charge >= 0.3 is 0 Å². The summed E-state index contributed by atoms with van der Waals surface area (Å²) in [4.78, 5) is 2.28. The minimum atomic E-state index is -0.307. The third-order valence-electron chi connectivity index (χ3n) is 3.13. The molecule has 2 heterocycles. The molecule has 2 aliphatic rings. The van der Waals surface area contributed by atoms with Gasteiger partial charge in [-0.2, -0.15) is 0 Å². The van der Waals surface area contributed by atoms with Gasteiger partial charge in [0.25, 0.3) is 0 Å². The fraction of sp³-hybridized carbons (Fsp3) is 1.00. The SMILES string of the molecule is CC(O)C1CN2CC(O)CC2CN1. The predicted molar refractivity (Wildman–Crippen MR) is 49.5 cm³/mol. The molecule has 2 aliphatic heterocycles. The third-order valence-corrected chi connectivity index (χ3v) is 3.13. The second-order valence-electron chi connectivity index (χ2n) is 4.25. The Bertz CT molecular complexity index is 186. The molecule has 0 spiro atoms. The Morgan fingerprint density at radius 2 is 2.23 bits per heavy atom. The van der Waals surface area contributed by atoms with Crippen molar-refractivity contribution in [3.63, 3.8) is 0 Å². The number of rotatable bonds is 1. The Morgan fingerprint density at radius 1 is 1.46 bits per heavy atom. The summed E-state index contributed by atoms with van der Waals surface area (Å²) in [5, 5.41) is 22.2. The summed E-state index contributed by atoms with van der Waals surface area (Å²) < 4.78 is 0. The summed E-state index contributed by atoms with van der Waals surface area (Å²) in [5.41, 5.74) is 0. The number of fused-ring (bicyclic) bond motifs is 1. The van der Waals surface area contributed by atoms with Crippen LogP contribution in [-0.2, 0) is 0 Å². The van der Waals surface area contributed by atoms with Crippen molar-refractivity contribution in [3.8, 4) is 0 Å². The van der Waals surface area contributed by atoms with Crippen molar-refractivity contribution in [1.29, 1.82) is 0 Å². The van der Waals surface area contributed by atoms with Gasteiger partial charge in [-0.25, -0.2) is 0 Å². The fourth-order valence-corrected chi connectivity index (χ4v) is 2.32. The normalized spacial score (nSPS) is 43.2. The van der Waals surface area contributed by atoms with Gasteiger partial charge in [-0.3, -0.25) is 4.90 Å². The lowest BCUT2D eigenvalue weighted by atomic mass is 10.1. The van der Waals surface area contributed by atoms with Crippen LogP contribution in [0.3, 0.4) is 0 Å². The van der Waals surface area contributed by atoms with E-state index in [0.29, 0.717) is 6.04 Å². The highest BCUT2D eigenvalue weighted by atomic mass is 16.3. The zero-order chi connectivity index (χ0) is 9.42. The number of nitrogens with one attached hydrogen (secondary N) is 1. The lowest BCUT2D eigenvalue weighted by Gasteiger charge is -2.37. The molecule has 0 saturated carbocycles. The summed E-state index contributed by atoms with van der Waals surface area (Å²) in [6.45, 7) is 4.34. The van der Waals surface area contributed by atoms with Crippen molar-refractivity contribution >= 4 is 0 Å². The molecule has 0 amide bonds. The van der Waals surface area contributed by atoms with Crippen LogP contribution in [-0.4, -0.2) is 59.0 Å². The van der Waals surface area contributed by atoms with E-state index in [1.807, 2.05) is 6.92 Å². The fourth-order valence-electron chi connectivity index (χ4n) is 2.32. The lowest BCUT2D eigenvalue weighted by Crippen LogP contribution is -2.57. The molecule has 2 rings (SSSR count). The smallest absolute Gasteiger partial charge is 0.0682 e. The third kappa shape index (κ3) is 1.86. The van der Waals surface area contributed by atoms with Crippen molar-refractivity contribution in [2.75, 3.05) is 19.6 Å². The average Bonchev–Trinajstić information content (AvgIpc) is 2.42. The van der Waals surface area contributed by atoms with Crippen LogP contribution in [0.4, 0.5) is 0 Å². The highest BCUT2D eigenvalue weighted by Crippen LogP contribution is 2.21. The van der Waals surface area contributed by atoms with Crippen molar-refractivity contribution in [2.24, 2.45) is 0 Å². The number of hydrogen-bond donors (Lipinski definition) is 3. The minimum Gasteiger partial charge on any atom is -0.392 e. The first kappa shape index (κ1) is 9.40. The van der Waals surface area contributed by atoms with Gasteiger partial charge in [0.15, 0.2) is 0 Å². The molecule has 2 saturated heterocycles. The van der Waals surface area contributed by atoms with E-state index in [1.165, 1.54) is 0 Å². The van der Waals surface area contributed by atoms with Gasteiger partial charge in [0.1, 0.15) is 0 Å². The van der Waals surface area contributed by atoms with Crippen LogP contribution in [0.5, 0.6) is 0 Å². The van der Waals surface area contributed by atoms with Crippen LogP contribution in [0.25, 0.3) is 0 Å². The van der Waals surface area contributed by atoms with Crippen LogP contribution in [0.15, 0.2) is 0 Å². The maximum Gasteiger partial charge on any atom is 0.0682 e. The number of aliphatic hydroxyl groups is 2. The van der Waals surface area contributed by atoms with E-state index in [-0.39, 0.29) is 18.2 Å². The quantitative estimate of drug-likeness (QED) is 0.480. The molecular formula is C9H18N2O2. The van der Waals surface area contributed by atoms with Crippen molar-refractivity contribution in [1.82, 2.24) is 10.2 Å². The second kappa shape index (κ2) is 3.53. The lowest BCUT2D eigenvalue weighted by molar-refractivity contribution is 0.0778. The standard InChI is InChI=1S/C9H18N2O2/c1-6(12)9-5-11-4-8(13)2-7(11)3-10-9/h6-10,12-13H,2-5H2,1H3. The maximum absolute atomic E-state index is 9.45. The second-order valence-corrected chi connectivity index (χ2v) is 4.25. The van der Waals surface area contributed by atoms with E-state index in [2.05, 4.69) is 10.2 Å². The van der Waals surface area contributed by atoms with Gasteiger partial charge in [-0.1, -0.05) is 0 Å². The molecule has 0 aliphatic carbocycles. The Morgan fingerprint density at radius 3 is 2.92 bits per heavy atom. The predicted octanol–water partition coefficient (Wildman–Crippen LogP) is -1.23. The molecule has 76 valence electrons. The highest BCUT2D eigenvalue weighted by molar-refractivity contribution is 4.94. The topological polar surface area (TPSA) is 55.7 Å². The molecule has 0 aromatic carbocycles. The van der Waals surface area contributed by atoms with E-state index in [9.17, 15) is 10.2 Å². The number of aliphatic hydroxyl groups excluding tert-OH is 2. The Labute approximate surface area is 78.5 Å². The van der Waals surface area contributed by atoms with E-state index in [4.69, 9.17) is 0 Å². The first-order valence-corrected chi connectivity index (χ1v) is 5.00. The van der Waals surface area contributed by atoms with E-state index in [1.54, 1.807) is 0 Å². The molecule has 0 aromatic heterocycles. The molecule has 0 bridgehead atoms. The van der Waals surface area contributed by atoms with Crippen molar-refractivity contribution in [3.05, 3.63) is 0 Å². The average molecular weight is 186 g/mol. The van der Waals surface area contributed by atoms with Gasteiger partial charge in [0.2, 0.25) is 0 Å². The molecule has 3 N–H and O–H groups in total. The summed E-state index contributed by atoms with van der Waals surface area (Å²) in [6.07, 6.45) is 0.401. The largest absolute Gasteiger partial charge is 0.392 e. The summed E-state index contributed by atoms with van der Waals surface area (Å²) in [7, 11) is 0.